The molecule has 3 fully saturated rings. The predicted octanol–water partition coefficient (Wildman–Crippen LogP) is 3.84. The molecule has 16 heavy (non-hydrogen) atoms. The SMILES string of the molecule is CC(C=O)=CC[C@@H]1C[C@@H]2C[C@H]([C@H]1C)C2(C)C. The second-order valence-electron chi connectivity index (χ2n) is 6.52. The topological polar surface area (TPSA) is 17.1 Å². The van der Waals surface area contributed by atoms with E-state index in [4.69, 9.17) is 0 Å². The summed E-state index contributed by atoms with van der Waals surface area (Å²) in [6.07, 6.45) is 7.02. The number of rotatable bonds is 3. The molecule has 1 heteroatoms. The van der Waals surface area contributed by atoms with E-state index in [2.05, 4.69) is 26.8 Å². The Kier molecular flexibility index (Phi) is 2.98. The fraction of sp³-hybridized carbons (Fsp3) is 0.800. The molecule has 3 aliphatic carbocycles. The van der Waals surface area contributed by atoms with Gasteiger partial charge < -0.3 is 0 Å². The molecule has 4 atom stereocenters. The number of allylic oxidation sites excluding steroid dienone is 2. The van der Waals surface area contributed by atoms with Gasteiger partial charge >= 0.3 is 0 Å². The Balaban J connectivity index is 1.98. The minimum absolute atomic E-state index is 0.583. The van der Waals surface area contributed by atoms with Crippen LogP contribution in [0.1, 0.15) is 47.0 Å². The summed E-state index contributed by atoms with van der Waals surface area (Å²) in [5.41, 5.74) is 1.48. The highest BCUT2D eigenvalue weighted by Crippen LogP contribution is 2.63. The molecule has 3 aliphatic rings. The van der Waals surface area contributed by atoms with Crippen LogP contribution in [-0.4, -0.2) is 6.29 Å². The number of fused-ring (bicyclic) bond motifs is 2. The Bertz CT molecular complexity index is 313. The maximum Gasteiger partial charge on any atom is 0.145 e. The molecule has 0 amide bonds. The average molecular weight is 220 g/mol. The van der Waals surface area contributed by atoms with Crippen molar-refractivity contribution in [3.63, 3.8) is 0 Å². The van der Waals surface area contributed by atoms with Crippen molar-refractivity contribution < 1.29 is 4.79 Å². The first-order valence-electron chi connectivity index (χ1n) is 6.58. The molecule has 0 aromatic carbocycles. The largest absolute Gasteiger partial charge is 0.298 e. The molecular formula is C15H24O. The summed E-state index contributed by atoms with van der Waals surface area (Å²) in [5, 5.41) is 0. The van der Waals surface area contributed by atoms with Crippen molar-refractivity contribution >= 4 is 6.29 Å². The second-order valence-corrected chi connectivity index (χ2v) is 6.52. The summed E-state index contributed by atoms with van der Waals surface area (Å²) < 4.78 is 0. The molecule has 3 saturated carbocycles. The lowest BCUT2D eigenvalue weighted by Crippen LogP contribution is -2.54. The van der Waals surface area contributed by atoms with Crippen LogP contribution in [0.4, 0.5) is 0 Å². The van der Waals surface area contributed by atoms with Crippen LogP contribution in [0, 0.1) is 29.1 Å². The first-order chi connectivity index (χ1) is 7.46. The Hall–Kier alpha value is -0.590. The Labute approximate surface area is 99.3 Å². The summed E-state index contributed by atoms with van der Waals surface area (Å²) >= 11 is 0. The van der Waals surface area contributed by atoms with Gasteiger partial charge in [0.1, 0.15) is 6.29 Å². The van der Waals surface area contributed by atoms with Crippen LogP contribution in [0.5, 0.6) is 0 Å². The van der Waals surface area contributed by atoms with Gasteiger partial charge in [0, 0.05) is 0 Å². The van der Waals surface area contributed by atoms with Crippen molar-refractivity contribution in [3.05, 3.63) is 11.6 Å². The Morgan fingerprint density at radius 1 is 1.38 bits per heavy atom. The van der Waals surface area contributed by atoms with E-state index >= 15 is 0 Å². The summed E-state index contributed by atoms with van der Waals surface area (Å²) in [5.74, 6) is 3.49. The van der Waals surface area contributed by atoms with E-state index in [0.29, 0.717) is 5.41 Å². The van der Waals surface area contributed by atoms with Crippen molar-refractivity contribution in [1.82, 2.24) is 0 Å². The number of aldehydes is 1. The van der Waals surface area contributed by atoms with Crippen molar-refractivity contribution in [2.75, 3.05) is 0 Å². The molecule has 90 valence electrons. The van der Waals surface area contributed by atoms with E-state index < -0.39 is 0 Å². The lowest BCUT2D eigenvalue weighted by atomic mass is 9.43. The second kappa shape index (κ2) is 4.01. The van der Waals surface area contributed by atoms with Gasteiger partial charge in [0.05, 0.1) is 0 Å². The zero-order valence-corrected chi connectivity index (χ0v) is 11.0. The van der Waals surface area contributed by atoms with Gasteiger partial charge in [-0.05, 0) is 60.8 Å². The fourth-order valence-electron chi connectivity index (χ4n) is 3.95. The van der Waals surface area contributed by atoms with Gasteiger partial charge in [0.2, 0.25) is 0 Å². The summed E-state index contributed by atoms with van der Waals surface area (Å²) in [6, 6.07) is 0. The van der Waals surface area contributed by atoms with Crippen molar-refractivity contribution in [2.45, 2.75) is 47.0 Å². The van der Waals surface area contributed by atoms with Gasteiger partial charge in [-0.2, -0.15) is 0 Å². The standard InChI is InChI=1S/C15H24O/c1-10(9-16)5-6-12-7-13-8-14(11(12)2)15(13,3)4/h5,9,11-14H,6-8H2,1-4H3/t11-,12+,13+,14+/m0/s1. The maximum atomic E-state index is 10.6. The fourth-order valence-corrected chi connectivity index (χ4v) is 3.95. The van der Waals surface area contributed by atoms with Crippen molar-refractivity contribution in [2.24, 2.45) is 29.1 Å². The lowest BCUT2D eigenvalue weighted by molar-refractivity contribution is -0.127. The van der Waals surface area contributed by atoms with E-state index in [0.717, 1.165) is 42.0 Å². The normalized spacial score (nSPS) is 41.4. The van der Waals surface area contributed by atoms with E-state index in [9.17, 15) is 4.79 Å². The van der Waals surface area contributed by atoms with Crippen LogP contribution < -0.4 is 0 Å². The highest BCUT2D eigenvalue weighted by Gasteiger charge is 2.55. The summed E-state index contributed by atoms with van der Waals surface area (Å²) in [4.78, 5) is 10.6. The Morgan fingerprint density at radius 2 is 2.06 bits per heavy atom. The zero-order chi connectivity index (χ0) is 11.9. The number of hydrogen-bond acceptors (Lipinski definition) is 1. The quantitative estimate of drug-likeness (QED) is 0.521. The zero-order valence-electron chi connectivity index (χ0n) is 11.0. The van der Waals surface area contributed by atoms with Crippen LogP contribution in [0.15, 0.2) is 11.6 Å². The van der Waals surface area contributed by atoms with Crippen molar-refractivity contribution in [3.8, 4) is 0 Å². The number of carbonyl (C=O) groups excluding carboxylic acids is 1. The third-order valence-electron chi connectivity index (χ3n) is 5.44. The van der Waals surface area contributed by atoms with Crippen LogP contribution >= 0.6 is 0 Å². The number of carbonyl (C=O) groups is 1. The molecule has 0 aromatic rings. The minimum Gasteiger partial charge on any atom is -0.298 e. The van der Waals surface area contributed by atoms with Crippen LogP contribution in [0.2, 0.25) is 0 Å². The average Bonchev–Trinajstić information content (AvgIpc) is 2.26. The van der Waals surface area contributed by atoms with Crippen molar-refractivity contribution in [1.29, 1.82) is 0 Å². The molecular weight excluding hydrogens is 196 g/mol. The van der Waals surface area contributed by atoms with E-state index in [-0.39, 0.29) is 0 Å². The highest BCUT2D eigenvalue weighted by molar-refractivity contribution is 5.71. The van der Waals surface area contributed by atoms with Crippen LogP contribution in [0.3, 0.4) is 0 Å². The monoisotopic (exact) mass is 220 g/mol. The first-order valence-corrected chi connectivity index (χ1v) is 6.58. The summed E-state index contributed by atoms with van der Waals surface area (Å²) in [7, 11) is 0. The van der Waals surface area contributed by atoms with Gasteiger partial charge in [-0.1, -0.05) is 26.8 Å². The molecule has 0 unspecified atom stereocenters. The lowest BCUT2D eigenvalue weighted by Gasteiger charge is -2.62. The van der Waals surface area contributed by atoms with Crippen LogP contribution in [0.25, 0.3) is 0 Å². The molecule has 2 bridgehead atoms. The minimum atomic E-state index is 0.583. The molecule has 0 heterocycles. The highest BCUT2D eigenvalue weighted by atomic mass is 16.1. The third-order valence-corrected chi connectivity index (χ3v) is 5.44. The molecule has 0 spiro atoms. The smallest absolute Gasteiger partial charge is 0.145 e. The van der Waals surface area contributed by atoms with Gasteiger partial charge in [0.25, 0.3) is 0 Å². The maximum absolute atomic E-state index is 10.6. The Morgan fingerprint density at radius 3 is 2.56 bits per heavy atom. The van der Waals surface area contributed by atoms with Crippen LogP contribution in [-0.2, 0) is 4.79 Å². The van der Waals surface area contributed by atoms with Gasteiger partial charge in [-0.25, -0.2) is 0 Å². The summed E-state index contributed by atoms with van der Waals surface area (Å²) in [6.45, 7) is 9.19. The molecule has 0 radical (unpaired) electrons. The molecule has 0 saturated heterocycles. The van der Waals surface area contributed by atoms with E-state index in [1.54, 1.807) is 0 Å². The molecule has 0 N–H and O–H groups in total. The van der Waals surface area contributed by atoms with Gasteiger partial charge in [-0.3, -0.25) is 4.79 Å². The van der Waals surface area contributed by atoms with Gasteiger partial charge in [0.15, 0.2) is 0 Å². The van der Waals surface area contributed by atoms with Gasteiger partial charge in [-0.15, -0.1) is 0 Å². The predicted molar refractivity (Wildman–Crippen MR) is 67.1 cm³/mol. The first kappa shape index (κ1) is 11.9. The van der Waals surface area contributed by atoms with E-state index in [1.807, 2.05) is 6.92 Å². The van der Waals surface area contributed by atoms with E-state index in [1.165, 1.54) is 12.8 Å². The number of hydrogen-bond donors (Lipinski definition) is 0. The molecule has 1 nitrogen and oxygen atoms in total. The third kappa shape index (κ3) is 1.74. The molecule has 0 aromatic heterocycles. The molecule has 3 rings (SSSR count). The molecule has 0 aliphatic heterocycles.